The average molecular weight is 445 g/mol. The van der Waals surface area contributed by atoms with Crippen LogP contribution in [0.4, 0.5) is 4.39 Å². The largest absolute Gasteiger partial charge is 0.389 e. The number of benzene rings is 2. The van der Waals surface area contributed by atoms with E-state index in [0.717, 1.165) is 22.5 Å². The van der Waals surface area contributed by atoms with E-state index in [0.29, 0.717) is 37.9 Å². The standard InChI is InChI=1S/C25H24FN5O2/c26-21-5-7-22(8-6-21)31-23(9-12-29-31)15-25(33)10-13-30(14-11-25)24(32)19-3-1-18(2-4-19)20-16-27-28-17-20/h1-9,12,16-17,33H,10-11,13-15H2,(H,27,28). The minimum absolute atomic E-state index is 0.0350. The zero-order chi connectivity index (χ0) is 22.8. The molecule has 1 saturated heterocycles. The molecule has 1 aliphatic rings. The normalized spacial score (nSPS) is 15.5. The molecule has 0 radical (unpaired) electrons. The molecule has 0 unspecified atom stereocenters. The van der Waals surface area contributed by atoms with Gasteiger partial charge in [0.2, 0.25) is 0 Å². The molecule has 2 aromatic heterocycles. The van der Waals surface area contributed by atoms with Gasteiger partial charge in [-0.25, -0.2) is 9.07 Å². The molecule has 2 aromatic carbocycles. The predicted octanol–water partition coefficient (Wildman–Crippen LogP) is 3.61. The van der Waals surface area contributed by atoms with E-state index in [1.54, 1.807) is 34.1 Å². The summed E-state index contributed by atoms with van der Waals surface area (Å²) >= 11 is 0. The number of piperidine rings is 1. The topological polar surface area (TPSA) is 87.0 Å². The van der Waals surface area contributed by atoms with Crippen LogP contribution in [0.15, 0.2) is 73.2 Å². The lowest BCUT2D eigenvalue weighted by atomic mass is 9.86. The maximum Gasteiger partial charge on any atom is 0.253 e. The summed E-state index contributed by atoms with van der Waals surface area (Å²) in [6, 6.07) is 15.4. The van der Waals surface area contributed by atoms with Gasteiger partial charge in [0, 0.05) is 48.7 Å². The summed E-state index contributed by atoms with van der Waals surface area (Å²) < 4.78 is 15.0. The molecule has 1 fully saturated rings. The molecule has 2 N–H and O–H groups in total. The van der Waals surface area contributed by atoms with Crippen LogP contribution in [0.1, 0.15) is 28.9 Å². The molecule has 5 rings (SSSR count). The van der Waals surface area contributed by atoms with Crippen molar-refractivity contribution in [3.63, 3.8) is 0 Å². The van der Waals surface area contributed by atoms with E-state index in [-0.39, 0.29) is 11.7 Å². The van der Waals surface area contributed by atoms with Crippen LogP contribution >= 0.6 is 0 Å². The molecule has 0 atom stereocenters. The van der Waals surface area contributed by atoms with Crippen LogP contribution in [-0.4, -0.2) is 54.6 Å². The van der Waals surface area contributed by atoms with Crippen LogP contribution in [-0.2, 0) is 6.42 Å². The Morgan fingerprint density at radius 3 is 2.42 bits per heavy atom. The van der Waals surface area contributed by atoms with Crippen molar-refractivity contribution in [3.05, 3.63) is 90.3 Å². The number of aliphatic hydroxyl groups is 1. The Balaban J connectivity index is 1.23. The predicted molar refractivity (Wildman–Crippen MR) is 121 cm³/mol. The van der Waals surface area contributed by atoms with Gasteiger partial charge in [0.1, 0.15) is 5.82 Å². The summed E-state index contributed by atoms with van der Waals surface area (Å²) in [7, 11) is 0. The van der Waals surface area contributed by atoms with Gasteiger partial charge in [-0.05, 0) is 60.9 Å². The summed E-state index contributed by atoms with van der Waals surface area (Å²) in [5, 5.41) is 22.3. The Morgan fingerprint density at radius 1 is 1.03 bits per heavy atom. The first kappa shape index (κ1) is 21.1. The number of likely N-dealkylation sites (tertiary alicyclic amines) is 1. The lowest BCUT2D eigenvalue weighted by Crippen LogP contribution is -2.48. The van der Waals surface area contributed by atoms with E-state index in [4.69, 9.17) is 0 Å². The summed E-state index contributed by atoms with van der Waals surface area (Å²) in [6.45, 7) is 0.951. The van der Waals surface area contributed by atoms with Gasteiger partial charge in [-0.1, -0.05) is 12.1 Å². The first-order chi connectivity index (χ1) is 16.0. The van der Waals surface area contributed by atoms with Crippen molar-refractivity contribution in [3.8, 4) is 16.8 Å². The van der Waals surface area contributed by atoms with Crippen molar-refractivity contribution >= 4 is 5.91 Å². The van der Waals surface area contributed by atoms with E-state index in [2.05, 4.69) is 15.3 Å². The van der Waals surface area contributed by atoms with Crippen molar-refractivity contribution in [2.75, 3.05) is 13.1 Å². The molecule has 0 aliphatic carbocycles. The summed E-state index contributed by atoms with van der Waals surface area (Å²) in [6.07, 6.45) is 6.58. The molecule has 0 bridgehead atoms. The quantitative estimate of drug-likeness (QED) is 0.491. The third kappa shape index (κ3) is 4.42. The number of carbonyl (C=O) groups excluding carboxylic acids is 1. The summed E-state index contributed by atoms with van der Waals surface area (Å²) in [5.74, 6) is -0.341. The number of halogens is 1. The molecular formula is C25H24FN5O2. The first-order valence-corrected chi connectivity index (χ1v) is 10.9. The maximum absolute atomic E-state index is 13.3. The van der Waals surface area contributed by atoms with Crippen LogP contribution < -0.4 is 0 Å². The Bertz CT molecular complexity index is 1220. The molecule has 168 valence electrons. The molecule has 1 aliphatic heterocycles. The number of H-pyrrole nitrogens is 1. The van der Waals surface area contributed by atoms with Crippen LogP contribution in [0, 0.1) is 5.82 Å². The second-order valence-corrected chi connectivity index (χ2v) is 8.47. The summed E-state index contributed by atoms with van der Waals surface area (Å²) in [4.78, 5) is 14.8. The number of hydrogen-bond donors (Lipinski definition) is 2. The van der Waals surface area contributed by atoms with Crippen LogP contribution in [0.3, 0.4) is 0 Å². The summed E-state index contributed by atoms with van der Waals surface area (Å²) in [5.41, 5.74) is 3.25. The van der Waals surface area contributed by atoms with Crippen LogP contribution in [0.25, 0.3) is 16.8 Å². The van der Waals surface area contributed by atoms with E-state index in [1.165, 1.54) is 12.1 Å². The number of carbonyl (C=O) groups is 1. The lowest BCUT2D eigenvalue weighted by Gasteiger charge is -2.38. The van der Waals surface area contributed by atoms with Crippen LogP contribution in [0.5, 0.6) is 0 Å². The molecule has 7 nitrogen and oxygen atoms in total. The van der Waals surface area contributed by atoms with Gasteiger partial charge in [-0.15, -0.1) is 0 Å². The van der Waals surface area contributed by atoms with Crippen molar-refractivity contribution in [2.24, 2.45) is 0 Å². The zero-order valence-corrected chi connectivity index (χ0v) is 18.0. The van der Waals surface area contributed by atoms with Gasteiger partial charge < -0.3 is 10.0 Å². The Morgan fingerprint density at radius 2 is 1.76 bits per heavy atom. The van der Waals surface area contributed by atoms with Crippen molar-refractivity contribution in [1.29, 1.82) is 0 Å². The van der Waals surface area contributed by atoms with Crippen molar-refractivity contribution < 1.29 is 14.3 Å². The third-order valence-electron chi connectivity index (χ3n) is 6.25. The third-order valence-corrected chi connectivity index (χ3v) is 6.25. The Kier molecular flexibility index (Phi) is 5.51. The van der Waals surface area contributed by atoms with Gasteiger partial charge in [-0.2, -0.15) is 10.2 Å². The molecule has 0 saturated carbocycles. The molecular weight excluding hydrogens is 421 g/mol. The fraction of sp³-hybridized carbons (Fsp3) is 0.240. The fourth-order valence-corrected chi connectivity index (χ4v) is 4.32. The van der Waals surface area contributed by atoms with E-state index >= 15 is 0 Å². The number of nitrogens with one attached hydrogen (secondary N) is 1. The smallest absolute Gasteiger partial charge is 0.253 e. The van der Waals surface area contributed by atoms with Crippen molar-refractivity contribution in [2.45, 2.75) is 24.9 Å². The molecule has 0 spiro atoms. The van der Waals surface area contributed by atoms with Crippen LogP contribution in [0.2, 0.25) is 0 Å². The highest BCUT2D eigenvalue weighted by Crippen LogP contribution is 2.28. The van der Waals surface area contributed by atoms with Gasteiger partial charge >= 0.3 is 0 Å². The van der Waals surface area contributed by atoms with E-state index in [1.807, 2.05) is 36.5 Å². The highest BCUT2D eigenvalue weighted by Gasteiger charge is 2.35. The van der Waals surface area contributed by atoms with E-state index in [9.17, 15) is 14.3 Å². The minimum atomic E-state index is -0.931. The van der Waals surface area contributed by atoms with E-state index < -0.39 is 5.60 Å². The molecule has 1 amide bonds. The molecule has 3 heterocycles. The number of aromatic nitrogens is 4. The highest BCUT2D eigenvalue weighted by atomic mass is 19.1. The molecule has 4 aromatic rings. The SMILES string of the molecule is O=C(c1ccc(-c2cn[nH]c2)cc1)N1CCC(O)(Cc2ccnn2-c2ccc(F)cc2)CC1. The number of hydrogen-bond acceptors (Lipinski definition) is 4. The van der Waals surface area contributed by atoms with Gasteiger partial charge in [-0.3, -0.25) is 9.89 Å². The number of rotatable bonds is 5. The Hall–Kier alpha value is -3.78. The van der Waals surface area contributed by atoms with Gasteiger partial charge in [0.15, 0.2) is 0 Å². The maximum atomic E-state index is 13.3. The highest BCUT2D eigenvalue weighted by molar-refractivity contribution is 5.94. The molecule has 8 heteroatoms. The number of amides is 1. The van der Waals surface area contributed by atoms with Gasteiger partial charge in [0.05, 0.1) is 17.5 Å². The minimum Gasteiger partial charge on any atom is -0.389 e. The van der Waals surface area contributed by atoms with Gasteiger partial charge in [0.25, 0.3) is 5.91 Å². The van der Waals surface area contributed by atoms with Crippen molar-refractivity contribution in [1.82, 2.24) is 24.9 Å². The fourth-order valence-electron chi connectivity index (χ4n) is 4.32. The second kappa shape index (κ2) is 8.63. The number of aromatic amines is 1. The monoisotopic (exact) mass is 445 g/mol. The second-order valence-electron chi connectivity index (χ2n) is 8.47. The Labute approximate surface area is 190 Å². The zero-order valence-electron chi connectivity index (χ0n) is 18.0. The first-order valence-electron chi connectivity index (χ1n) is 10.9. The molecule has 33 heavy (non-hydrogen) atoms. The lowest BCUT2D eigenvalue weighted by molar-refractivity contribution is -0.0172. The number of nitrogens with zero attached hydrogens (tertiary/aromatic N) is 4. The average Bonchev–Trinajstić information content (AvgIpc) is 3.52.